The average molecular weight is 453 g/mol. The van der Waals surface area contributed by atoms with Gasteiger partial charge in [0.15, 0.2) is 0 Å². The van der Waals surface area contributed by atoms with Crippen LogP contribution in [0.5, 0.6) is 5.75 Å². The molecule has 0 bridgehead atoms. The molecular formula is C20H15ClF2N2O4S. The third kappa shape index (κ3) is 5.58. The van der Waals surface area contributed by atoms with Gasteiger partial charge in [-0.3, -0.25) is 19.3 Å². The summed E-state index contributed by atoms with van der Waals surface area (Å²) in [6.45, 7) is -2.84. The van der Waals surface area contributed by atoms with Crippen molar-refractivity contribution in [3.63, 3.8) is 0 Å². The van der Waals surface area contributed by atoms with Gasteiger partial charge in [0.25, 0.3) is 17.1 Å². The lowest BCUT2D eigenvalue weighted by Gasteiger charge is -2.13. The lowest BCUT2D eigenvalue weighted by atomic mass is 10.2. The van der Waals surface area contributed by atoms with Crippen molar-refractivity contribution < 1.29 is 27.9 Å². The van der Waals surface area contributed by atoms with Gasteiger partial charge in [-0.25, -0.2) is 0 Å². The summed E-state index contributed by atoms with van der Waals surface area (Å²) in [5.74, 6) is -0.869. The molecule has 0 atom stereocenters. The molecule has 3 amide bonds. The first-order chi connectivity index (χ1) is 14.3. The largest absolute Gasteiger partial charge is 0.435 e. The van der Waals surface area contributed by atoms with Gasteiger partial charge in [-0.1, -0.05) is 29.8 Å². The number of thioether (sulfide) groups is 1. The van der Waals surface area contributed by atoms with Gasteiger partial charge in [0.1, 0.15) is 5.75 Å². The van der Waals surface area contributed by atoms with Crippen molar-refractivity contribution >= 4 is 46.5 Å². The van der Waals surface area contributed by atoms with Crippen LogP contribution in [0.25, 0.3) is 6.08 Å². The molecule has 1 heterocycles. The summed E-state index contributed by atoms with van der Waals surface area (Å²) in [5.41, 5.74) is 0.923. The molecule has 1 fully saturated rings. The number of rotatable bonds is 7. The Morgan fingerprint density at radius 1 is 1.20 bits per heavy atom. The van der Waals surface area contributed by atoms with Gasteiger partial charge in [0.2, 0.25) is 0 Å². The van der Waals surface area contributed by atoms with Crippen LogP contribution in [0, 0.1) is 0 Å². The highest BCUT2D eigenvalue weighted by Gasteiger charge is 2.34. The normalized spacial score (nSPS) is 15.2. The van der Waals surface area contributed by atoms with Crippen LogP contribution in [0.2, 0.25) is 5.02 Å². The van der Waals surface area contributed by atoms with Gasteiger partial charge in [0, 0.05) is 23.7 Å². The molecule has 0 spiro atoms. The molecule has 1 N–H and O–H groups in total. The van der Waals surface area contributed by atoms with Gasteiger partial charge >= 0.3 is 6.61 Å². The van der Waals surface area contributed by atoms with E-state index in [2.05, 4.69) is 10.1 Å². The first-order valence-electron chi connectivity index (χ1n) is 8.67. The molecule has 1 saturated heterocycles. The SMILES string of the molecule is O=C(NCCN1C(=O)S/C(=C\c2ccc(OC(F)F)cc2)C1=O)c1cccc(Cl)c1. The number of amides is 3. The summed E-state index contributed by atoms with van der Waals surface area (Å²) in [6.07, 6.45) is 1.49. The predicted molar refractivity (Wildman–Crippen MR) is 110 cm³/mol. The van der Waals surface area contributed by atoms with E-state index in [0.717, 1.165) is 16.7 Å². The Hall–Kier alpha value is -2.91. The zero-order valence-corrected chi connectivity index (χ0v) is 16.9. The van der Waals surface area contributed by atoms with E-state index in [9.17, 15) is 23.2 Å². The highest BCUT2D eigenvalue weighted by atomic mass is 35.5. The standard InChI is InChI=1S/C20H15ClF2N2O4S/c21-14-3-1-2-13(11-14)17(26)24-8-9-25-18(27)16(30-20(25)28)10-12-4-6-15(7-5-12)29-19(22)23/h1-7,10-11,19H,8-9H2,(H,24,26)/b16-10-. The molecule has 30 heavy (non-hydrogen) atoms. The minimum atomic E-state index is -2.92. The summed E-state index contributed by atoms with van der Waals surface area (Å²) in [5, 5.41) is 2.60. The second kappa shape index (κ2) is 9.73. The van der Waals surface area contributed by atoms with E-state index in [0.29, 0.717) is 16.1 Å². The monoisotopic (exact) mass is 452 g/mol. The molecule has 1 aliphatic rings. The van der Waals surface area contributed by atoms with E-state index < -0.39 is 17.8 Å². The first kappa shape index (κ1) is 21.8. The Bertz CT molecular complexity index is 999. The van der Waals surface area contributed by atoms with Crippen LogP contribution in [0.15, 0.2) is 53.4 Å². The van der Waals surface area contributed by atoms with E-state index in [1.807, 2.05) is 0 Å². The number of hydrogen-bond acceptors (Lipinski definition) is 5. The van der Waals surface area contributed by atoms with Crippen LogP contribution in [0.3, 0.4) is 0 Å². The van der Waals surface area contributed by atoms with Gasteiger partial charge < -0.3 is 10.1 Å². The van der Waals surface area contributed by atoms with E-state index in [4.69, 9.17) is 11.6 Å². The maximum Gasteiger partial charge on any atom is 0.387 e. The topological polar surface area (TPSA) is 75.7 Å². The minimum Gasteiger partial charge on any atom is -0.435 e. The maximum atomic E-state index is 12.5. The number of ether oxygens (including phenoxy) is 1. The summed E-state index contributed by atoms with van der Waals surface area (Å²) in [4.78, 5) is 38.0. The number of benzene rings is 2. The predicted octanol–water partition coefficient (Wildman–Crippen LogP) is 4.41. The van der Waals surface area contributed by atoms with Crippen LogP contribution < -0.4 is 10.1 Å². The Kier molecular flexibility index (Phi) is 7.07. The molecule has 10 heteroatoms. The minimum absolute atomic E-state index is 0.00861. The summed E-state index contributed by atoms with van der Waals surface area (Å²) in [7, 11) is 0. The zero-order valence-electron chi connectivity index (χ0n) is 15.3. The fourth-order valence-electron chi connectivity index (χ4n) is 2.60. The average Bonchev–Trinajstić information content (AvgIpc) is 2.96. The fraction of sp³-hybridized carbons (Fsp3) is 0.150. The highest BCUT2D eigenvalue weighted by Crippen LogP contribution is 2.32. The molecule has 1 aliphatic heterocycles. The molecule has 2 aromatic carbocycles. The number of nitrogens with one attached hydrogen (secondary N) is 1. The van der Waals surface area contributed by atoms with Crippen molar-refractivity contribution in [2.24, 2.45) is 0 Å². The molecular weight excluding hydrogens is 438 g/mol. The number of halogens is 3. The number of carbonyl (C=O) groups excluding carboxylic acids is 3. The smallest absolute Gasteiger partial charge is 0.387 e. The lowest BCUT2D eigenvalue weighted by molar-refractivity contribution is -0.122. The third-order valence-corrected chi connectivity index (χ3v) is 5.13. The van der Waals surface area contributed by atoms with E-state index in [-0.39, 0.29) is 29.7 Å². The number of carbonyl (C=O) groups is 3. The van der Waals surface area contributed by atoms with E-state index in [1.54, 1.807) is 18.2 Å². The second-order valence-corrected chi connectivity index (χ2v) is 7.48. The molecule has 156 valence electrons. The van der Waals surface area contributed by atoms with Crippen LogP contribution in [0.4, 0.5) is 13.6 Å². The first-order valence-corrected chi connectivity index (χ1v) is 9.87. The Morgan fingerprint density at radius 2 is 1.93 bits per heavy atom. The Balaban J connectivity index is 1.58. The van der Waals surface area contributed by atoms with E-state index >= 15 is 0 Å². The molecule has 0 radical (unpaired) electrons. The van der Waals surface area contributed by atoms with Crippen molar-refractivity contribution in [2.45, 2.75) is 6.61 Å². The summed E-state index contributed by atoms with van der Waals surface area (Å²) in [6, 6.07) is 12.1. The fourth-order valence-corrected chi connectivity index (χ4v) is 3.66. The third-order valence-electron chi connectivity index (χ3n) is 3.98. The molecule has 2 aromatic rings. The van der Waals surface area contributed by atoms with Crippen LogP contribution >= 0.6 is 23.4 Å². The van der Waals surface area contributed by atoms with Crippen LogP contribution in [0.1, 0.15) is 15.9 Å². The number of imide groups is 1. The van der Waals surface area contributed by atoms with Gasteiger partial charge in [-0.2, -0.15) is 8.78 Å². The van der Waals surface area contributed by atoms with Crippen LogP contribution in [-0.2, 0) is 4.79 Å². The highest BCUT2D eigenvalue weighted by molar-refractivity contribution is 8.18. The van der Waals surface area contributed by atoms with Gasteiger partial charge in [-0.15, -0.1) is 0 Å². The molecule has 0 unspecified atom stereocenters. The van der Waals surface area contributed by atoms with Crippen molar-refractivity contribution in [3.8, 4) is 5.75 Å². The molecule has 0 saturated carbocycles. The van der Waals surface area contributed by atoms with Crippen molar-refractivity contribution in [1.82, 2.24) is 10.2 Å². The second-order valence-electron chi connectivity index (χ2n) is 6.05. The lowest BCUT2D eigenvalue weighted by Crippen LogP contribution is -2.37. The molecule has 3 rings (SSSR count). The quantitative estimate of drug-likeness (QED) is 0.630. The Morgan fingerprint density at radius 3 is 2.60 bits per heavy atom. The van der Waals surface area contributed by atoms with E-state index in [1.165, 1.54) is 36.4 Å². The molecule has 0 aliphatic carbocycles. The summed E-state index contributed by atoms with van der Waals surface area (Å²) < 4.78 is 28.7. The molecule has 6 nitrogen and oxygen atoms in total. The summed E-state index contributed by atoms with van der Waals surface area (Å²) >= 11 is 6.62. The van der Waals surface area contributed by atoms with Crippen molar-refractivity contribution in [1.29, 1.82) is 0 Å². The number of alkyl halides is 2. The zero-order chi connectivity index (χ0) is 21.7. The molecule has 0 aromatic heterocycles. The van der Waals surface area contributed by atoms with Crippen molar-refractivity contribution in [2.75, 3.05) is 13.1 Å². The maximum absolute atomic E-state index is 12.5. The number of hydrogen-bond donors (Lipinski definition) is 1. The Labute approximate surface area is 179 Å². The van der Waals surface area contributed by atoms with Crippen LogP contribution in [-0.4, -0.2) is 41.7 Å². The van der Waals surface area contributed by atoms with Gasteiger partial charge in [-0.05, 0) is 53.7 Å². The van der Waals surface area contributed by atoms with Crippen molar-refractivity contribution in [3.05, 3.63) is 69.6 Å². The number of nitrogens with zero attached hydrogens (tertiary/aromatic N) is 1. The van der Waals surface area contributed by atoms with Gasteiger partial charge in [0.05, 0.1) is 4.91 Å².